The molecule has 1 heteroatoms. The standard InChI is InChI=1S/C11H18O/c1-8-6-9-4-2-3-5-10(9)7-11(8)12/h8-10H,2-7H2,1H3/t8-,9-,10+/m0/s1. The summed E-state index contributed by atoms with van der Waals surface area (Å²) in [5.41, 5.74) is 0. The Morgan fingerprint density at radius 1 is 1.17 bits per heavy atom. The summed E-state index contributed by atoms with van der Waals surface area (Å²) in [6, 6.07) is 0. The second-order valence-corrected chi connectivity index (χ2v) is 4.61. The summed E-state index contributed by atoms with van der Waals surface area (Å²) >= 11 is 0. The van der Waals surface area contributed by atoms with E-state index in [2.05, 4.69) is 6.92 Å². The zero-order chi connectivity index (χ0) is 8.55. The smallest absolute Gasteiger partial charge is 0.135 e. The van der Waals surface area contributed by atoms with Crippen LogP contribution in [0.4, 0.5) is 0 Å². The highest BCUT2D eigenvalue weighted by atomic mass is 16.1. The highest BCUT2D eigenvalue weighted by Gasteiger charge is 2.34. The van der Waals surface area contributed by atoms with Gasteiger partial charge >= 0.3 is 0 Å². The molecule has 0 aromatic rings. The molecule has 2 aliphatic carbocycles. The van der Waals surface area contributed by atoms with Gasteiger partial charge in [0.05, 0.1) is 0 Å². The van der Waals surface area contributed by atoms with Crippen molar-refractivity contribution in [1.29, 1.82) is 0 Å². The summed E-state index contributed by atoms with van der Waals surface area (Å²) in [7, 11) is 0. The minimum atomic E-state index is 0.365. The van der Waals surface area contributed by atoms with Crippen LogP contribution in [0.3, 0.4) is 0 Å². The minimum absolute atomic E-state index is 0.365. The van der Waals surface area contributed by atoms with E-state index in [1.807, 2.05) is 0 Å². The first-order chi connectivity index (χ1) is 5.77. The Morgan fingerprint density at radius 3 is 2.58 bits per heavy atom. The van der Waals surface area contributed by atoms with Gasteiger partial charge < -0.3 is 0 Å². The van der Waals surface area contributed by atoms with E-state index in [0.29, 0.717) is 11.7 Å². The van der Waals surface area contributed by atoms with Gasteiger partial charge in [-0.3, -0.25) is 4.79 Å². The lowest BCUT2D eigenvalue weighted by Gasteiger charge is -2.37. The van der Waals surface area contributed by atoms with Crippen molar-refractivity contribution in [1.82, 2.24) is 0 Å². The van der Waals surface area contributed by atoms with Gasteiger partial charge in [-0.1, -0.05) is 26.2 Å². The molecule has 68 valence electrons. The monoisotopic (exact) mass is 166 g/mol. The first kappa shape index (κ1) is 8.28. The molecule has 0 amide bonds. The van der Waals surface area contributed by atoms with Gasteiger partial charge in [-0.25, -0.2) is 0 Å². The summed E-state index contributed by atoms with van der Waals surface area (Å²) in [6.07, 6.45) is 7.56. The number of hydrogen-bond donors (Lipinski definition) is 0. The Balaban J connectivity index is 2.02. The number of carbonyl (C=O) groups is 1. The Morgan fingerprint density at radius 2 is 1.83 bits per heavy atom. The predicted molar refractivity (Wildman–Crippen MR) is 48.9 cm³/mol. The molecule has 2 fully saturated rings. The number of hydrogen-bond acceptors (Lipinski definition) is 1. The summed E-state index contributed by atoms with van der Waals surface area (Å²) in [6.45, 7) is 2.10. The fraction of sp³-hybridized carbons (Fsp3) is 0.909. The molecule has 0 bridgehead atoms. The molecule has 0 aliphatic heterocycles. The minimum Gasteiger partial charge on any atom is -0.299 e. The van der Waals surface area contributed by atoms with Gasteiger partial charge in [-0.15, -0.1) is 0 Å². The van der Waals surface area contributed by atoms with Crippen molar-refractivity contribution in [2.75, 3.05) is 0 Å². The van der Waals surface area contributed by atoms with Crippen molar-refractivity contribution in [3.05, 3.63) is 0 Å². The van der Waals surface area contributed by atoms with E-state index in [4.69, 9.17) is 0 Å². The number of Topliss-reactive ketones (excluding diaryl/α,β-unsaturated/α-hetero) is 1. The molecule has 0 aromatic heterocycles. The average molecular weight is 166 g/mol. The maximum Gasteiger partial charge on any atom is 0.135 e. The van der Waals surface area contributed by atoms with Crippen molar-refractivity contribution in [3.63, 3.8) is 0 Å². The van der Waals surface area contributed by atoms with E-state index in [1.165, 1.54) is 32.1 Å². The van der Waals surface area contributed by atoms with Crippen LogP contribution in [0.1, 0.15) is 45.4 Å². The lowest BCUT2D eigenvalue weighted by molar-refractivity contribution is -0.127. The van der Waals surface area contributed by atoms with Gasteiger partial charge in [0.1, 0.15) is 5.78 Å². The van der Waals surface area contributed by atoms with Crippen molar-refractivity contribution in [3.8, 4) is 0 Å². The summed E-state index contributed by atoms with van der Waals surface area (Å²) in [5.74, 6) is 2.55. The SMILES string of the molecule is C[C@H]1C[C@@H]2CCCC[C@@H]2CC1=O. The third-order valence-electron chi connectivity index (χ3n) is 3.74. The molecule has 2 saturated carbocycles. The van der Waals surface area contributed by atoms with Crippen LogP contribution in [0.15, 0.2) is 0 Å². The van der Waals surface area contributed by atoms with Crippen LogP contribution in [0.5, 0.6) is 0 Å². The van der Waals surface area contributed by atoms with E-state index < -0.39 is 0 Å². The maximum absolute atomic E-state index is 11.4. The van der Waals surface area contributed by atoms with Crippen LogP contribution in [0, 0.1) is 17.8 Å². The van der Waals surface area contributed by atoms with Gasteiger partial charge in [0.15, 0.2) is 0 Å². The van der Waals surface area contributed by atoms with Crippen LogP contribution in [-0.4, -0.2) is 5.78 Å². The van der Waals surface area contributed by atoms with Gasteiger partial charge in [0, 0.05) is 12.3 Å². The van der Waals surface area contributed by atoms with Crippen LogP contribution >= 0.6 is 0 Å². The normalized spacial score (nSPS) is 42.4. The van der Waals surface area contributed by atoms with Crippen molar-refractivity contribution < 1.29 is 4.79 Å². The first-order valence-electron chi connectivity index (χ1n) is 5.30. The molecule has 12 heavy (non-hydrogen) atoms. The van der Waals surface area contributed by atoms with Gasteiger partial charge in [0.2, 0.25) is 0 Å². The third-order valence-corrected chi connectivity index (χ3v) is 3.74. The topological polar surface area (TPSA) is 17.1 Å². The molecule has 0 heterocycles. The molecule has 1 nitrogen and oxygen atoms in total. The quantitative estimate of drug-likeness (QED) is 0.541. The van der Waals surface area contributed by atoms with Crippen molar-refractivity contribution >= 4 is 5.78 Å². The first-order valence-corrected chi connectivity index (χ1v) is 5.30. The predicted octanol–water partition coefficient (Wildman–Crippen LogP) is 2.79. The summed E-state index contributed by atoms with van der Waals surface area (Å²) < 4.78 is 0. The second kappa shape index (κ2) is 3.20. The molecular formula is C11H18O. The molecule has 0 aromatic carbocycles. The molecule has 0 saturated heterocycles. The lowest BCUT2D eigenvalue weighted by atomic mass is 9.67. The molecule has 0 N–H and O–H groups in total. The zero-order valence-corrected chi connectivity index (χ0v) is 7.88. The van der Waals surface area contributed by atoms with Crippen LogP contribution in [0.25, 0.3) is 0 Å². The molecular weight excluding hydrogens is 148 g/mol. The molecule has 2 aliphatic rings. The second-order valence-electron chi connectivity index (χ2n) is 4.61. The van der Waals surface area contributed by atoms with E-state index in [9.17, 15) is 4.79 Å². The average Bonchev–Trinajstić information content (AvgIpc) is 2.07. The Labute approximate surface area is 74.5 Å². The lowest BCUT2D eigenvalue weighted by Crippen LogP contribution is -2.32. The summed E-state index contributed by atoms with van der Waals surface area (Å²) in [5, 5.41) is 0. The van der Waals surface area contributed by atoms with E-state index >= 15 is 0 Å². The molecule has 0 unspecified atom stereocenters. The van der Waals surface area contributed by atoms with E-state index in [1.54, 1.807) is 0 Å². The number of ketones is 1. The van der Waals surface area contributed by atoms with Crippen LogP contribution < -0.4 is 0 Å². The maximum atomic E-state index is 11.4. The Hall–Kier alpha value is -0.330. The highest BCUT2D eigenvalue weighted by molar-refractivity contribution is 5.81. The molecule has 3 atom stereocenters. The number of carbonyl (C=O) groups excluding carboxylic acids is 1. The van der Waals surface area contributed by atoms with E-state index in [0.717, 1.165) is 18.3 Å². The molecule has 0 spiro atoms. The van der Waals surface area contributed by atoms with Crippen LogP contribution in [0.2, 0.25) is 0 Å². The fourth-order valence-electron chi connectivity index (χ4n) is 2.91. The largest absolute Gasteiger partial charge is 0.299 e. The fourth-order valence-corrected chi connectivity index (χ4v) is 2.91. The molecule has 2 rings (SSSR count). The Bertz CT molecular complexity index is 185. The van der Waals surface area contributed by atoms with Gasteiger partial charge in [-0.05, 0) is 24.7 Å². The van der Waals surface area contributed by atoms with Gasteiger partial charge in [0.25, 0.3) is 0 Å². The Kier molecular flexibility index (Phi) is 2.20. The zero-order valence-electron chi connectivity index (χ0n) is 7.88. The van der Waals surface area contributed by atoms with E-state index in [-0.39, 0.29) is 0 Å². The number of rotatable bonds is 0. The summed E-state index contributed by atoms with van der Waals surface area (Å²) in [4.78, 5) is 11.4. The third kappa shape index (κ3) is 1.41. The van der Waals surface area contributed by atoms with Crippen molar-refractivity contribution in [2.45, 2.75) is 45.4 Å². The van der Waals surface area contributed by atoms with Crippen LogP contribution in [-0.2, 0) is 4.79 Å². The number of fused-ring (bicyclic) bond motifs is 1. The van der Waals surface area contributed by atoms with Crippen molar-refractivity contribution in [2.24, 2.45) is 17.8 Å². The van der Waals surface area contributed by atoms with Gasteiger partial charge in [-0.2, -0.15) is 0 Å². The highest BCUT2D eigenvalue weighted by Crippen LogP contribution is 2.40. The molecule has 0 radical (unpaired) electrons.